The fourth-order valence-electron chi connectivity index (χ4n) is 2.22. The summed E-state index contributed by atoms with van der Waals surface area (Å²) in [5, 5.41) is 3.55. The van der Waals surface area contributed by atoms with Gasteiger partial charge >= 0.3 is 0 Å². The molecule has 0 saturated carbocycles. The second-order valence-electron chi connectivity index (χ2n) is 4.74. The Morgan fingerprint density at radius 2 is 2.11 bits per heavy atom. The number of rotatable bonds is 5. The lowest BCUT2D eigenvalue weighted by Gasteiger charge is -2.16. The molecule has 96 valence electrons. The first-order chi connectivity index (χ1) is 8.68. The lowest BCUT2D eigenvalue weighted by Crippen LogP contribution is -2.22. The van der Waals surface area contributed by atoms with Gasteiger partial charge in [-0.15, -0.1) is 0 Å². The van der Waals surface area contributed by atoms with Gasteiger partial charge in [0.2, 0.25) is 0 Å². The molecule has 18 heavy (non-hydrogen) atoms. The molecule has 1 atom stereocenters. The Labute approximate surface area is 109 Å². The molecule has 0 radical (unpaired) electrons. The number of nitrogens with one attached hydrogen (secondary N) is 1. The van der Waals surface area contributed by atoms with Crippen molar-refractivity contribution >= 4 is 0 Å². The Balaban J connectivity index is 1.87. The number of aryl methyl sites for hydroxylation is 2. The van der Waals surface area contributed by atoms with Crippen LogP contribution in [0.3, 0.4) is 0 Å². The molecular weight excluding hydrogens is 222 g/mol. The Bertz CT molecular complexity index is 502. The quantitative estimate of drug-likeness (QED) is 0.875. The SMILES string of the molecule is Cc1ccccc1C(C)NCCc1nccn1C. The molecule has 0 saturated heterocycles. The van der Waals surface area contributed by atoms with Crippen LogP contribution >= 0.6 is 0 Å². The van der Waals surface area contributed by atoms with Crippen molar-refractivity contribution in [1.29, 1.82) is 0 Å². The molecule has 1 N–H and O–H groups in total. The van der Waals surface area contributed by atoms with Crippen LogP contribution in [0.25, 0.3) is 0 Å². The maximum absolute atomic E-state index is 4.33. The molecule has 3 heteroatoms. The van der Waals surface area contributed by atoms with E-state index in [1.807, 2.05) is 19.4 Å². The van der Waals surface area contributed by atoms with E-state index < -0.39 is 0 Å². The van der Waals surface area contributed by atoms with Gasteiger partial charge in [-0.25, -0.2) is 4.98 Å². The Kier molecular flexibility index (Phi) is 4.15. The summed E-state index contributed by atoms with van der Waals surface area (Å²) in [6.07, 6.45) is 4.79. The largest absolute Gasteiger partial charge is 0.338 e. The van der Waals surface area contributed by atoms with Crippen molar-refractivity contribution in [3.8, 4) is 0 Å². The summed E-state index contributed by atoms with van der Waals surface area (Å²) >= 11 is 0. The van der Waals surface area contributed by atoms with E-state index in [2.05, 4.69) is 53.0 Å². The summed E-state index contributed by atoms with van der Waals surface area (Å²) in [7, 11) is 2.03. The third-order valence-electron chi connectivity index (χ3n) is 3.38. The van der Waals surface area contributed by atoms with E-state index in [-0.39, 0.29) is 0 Å². The van der Waals surface area contributed by atoms with Gasteiger partial charge in [-0.1, -0.05) is 24.3 Å². The Morgan fingerprint density at radius 1 is 1.33 bits per heavy atom. The van der Waals surface area contributed by atoms with Gasteiger partial charge in [-0.05, 0) is 25.0 Å². The van der Waals surface area contributed by atoms with Gasteiger partial charge in [-0.2, -0.15) is 0 Å². The van der Waals surface area contributed by atoms with Crippen molar-refractivity contribution in [3.05, 3.63) is 53.6 Å². The zero-order valence-electron chi connectivity index (χ0n) is 11.4. The number of nitrogens with zero attached hydrogens (tertiary/aromatic N) is 2. The van der Waals surface area contributed by atoms with Crippen molar-refractivity contribution in [2.24, 2.45) is 7.05 Å². The van der Waals surface area contributed by atoms with Gasteiger partial charge in [0.25, 0.3) is 0 Å². The van der Waals surface area contributed by atoms with Gasteiger partial charge in [0.05, 0.1) is 0 Å². The van der Waals surface area contributed by atoms with E-state index in [0.29, 0.717) is 6.04 Å². The van der Waals surface area contributed by atoms with Crippen LogP contribution in [0.4, 0.5) is 0 Å². The first kappa shape index (κ1) is 12.8. The monoisotopic (exact) mass is 243 g/mol. The fourth-order valence-corrected chi connectivity index (χ4v) is 2.22. The normalized spacial score (nSPS) is 12.6. The van der Waals surface area contributed by atoms with E-state index >= 15 is 0 Å². The molecule has 0 aliphatic carbocycles. The maximum Gasteiger partial charge on any atom is 0.109 e. The van der Waals surface area contributed by atoms with Gasteiger partial charge in [0.15, 0.2) is 0 Å². The molecule has 1 aromatic heterocycles. The van der Waals surface area contributed by atoms with Gasteiger partial charge < -0.3 is 9.88 Å². The number of aromatic nitrogens is 2. The van der Waals surface area contributed by atoms with E-state index in [1.54, 1.807) is 0 Å². The van der Waals surface area contributed by atoms with Crippen LogP contribution in [0.15, 0.2) is 36.7 Å². The summed E-state index contributed by atoms with van der Waals surface area (Å²) in [6.45, 7) is 5.31. The maximum atomic E-state index is 4.33. The molecule has 0 fully saturated rings. The molecule has 1 heterocycles. The third-order valence-corrected chi connectivity index (χ3v) is 3.38. The van der Waals surface area contributed by atoms with E-state index in [1.165, 1.54) is 11.1 Å². The van der Waals surface area contributed by atoms with E-state index in [4.69, 9.17) is 0 Å². The topological polar surface area (TPSA) is 29.9 Å². The highest BCUT2D eigenvalue weighted by Gasteiger charge is 2.07. The van der Waals surface area contributed by atoms with Crippen LogP contribution in [-0.4, -0.2) is 16.1 Å². The van der Waals surface area contributed by atoms with Crippen LogP contribution < -0.4 is 5.32 Å². The van der Waals surface area contributed by atoms with Crippen LogP contribution in [0.1, 0.15) is 29.9 Å². The standard InChI is InChI=1S/C15H21N3/c1-12-6-4-5-7-14(12)13(2)16-9-8-15-17-10-11-18(15)3/h4-7,10-11,13,16H,8-9H2,1-3H3. The highest BCUT2D eigenvalue weighted by atomic mass is 15.0. The molecule has 0 aliphatic heterocycles. The summed E-state index contributed by atoms with van der Waals surface area (Å²) in [5.74, 6) is 1.12. The van der Waals surface area contributed by atoms with Crippen molar-refractivity contribution in [2.75, 3.05) is 6.54 Å². The average molecular weight is 243 g/mol. The zero-order chi connectivity index (χ0) is 13.0. The lowest BCUT2D eigenvalue weighted by atomic mass is 10.0. The number of hydrogen-bond donors (Lipinski definition) is 1. The van der Waals surface area contributed by atoms with Crippen molar-refractivity contribution in [1.82, 2.24) is 14.9 Å². The van der Waals surface area contributed by atoms with Crippen molar-refractivity contribution in [2.45, 2.75) is 26.3 Å². The van der Waals surface area contributed by atoms with E-state index in [9.17, 15) is 0 Å². The zero-order valence-corrected chi connectivity index (χ0v) is 11.4. The second kappa shape index (κ2) is 5.83. The van der Waals surface area contributed by atoms with Crippen LogP contribution in [0, 0.1) is 6.92 Å². The predicted octanol–water partition coefficient (Wildman–Crippen LogP) is 2.62. The van der Waals surface area contributed by atoms with Gasteiger partial charge in [0, 0.05) is 38.4 Å². The van der Waals surface area contributed by atoms with E-state index in [0.717, 1.165) is 18.8 Å². The minimum absolute atomic E-state index is 0.381. The van der Waals surface area contributed by atoms with Gasteiger partial charge in [0.1, 0.15) is 5.82 Å². The molecule has 3 nitrogen and oxygen atoms in total. The summed E-state index contributed by atoms with van der Waals surface area (Å²) < 4.78 is 2.07. The highest BCUT2D eigenvalue weighted by Crippen LogP contribution is 2.16. The number of imidazole rings is 1. The molecule has 1 unspecified atom stereocenters. The molecule has 0 bridgehead atoms. The molecular formula is C15H21N3. The summed E-state index contributed by atoms with van der Waals surface area (Å²) in [5.41, 5.74) is 2.71. The van der Waals surface area contributed by atoms with Crippen molar-refractivity contribution < 1.29 is 0 Å². The Hall–Kier alpha value is -1.61. The first-order valence-corrected chi connectivity index (χ1v) is 6.43. The van der Waals surface area contributed by atoms with Crippen LogP contribution in [0.5, 0.6) is 0 Å². The second-order valence-corrected chi connectivity index (χ2v) is 4.74. The van der Waals surface area contributed by atoms with Crippen LogP contribution in [-0.2, 0) is 13.5 Å². The predicted molar refractivity (Wildman–Crippen MR) is 74.5 cm³/mol. The molecule has 2 aromatic rings. The summed E-state index contributed by atoms with van der Waals surface area (Å²) in [4.78, 5) is 4.33. The number of hydrogen-bond acceptors (Lipinski definition) is 2. The minimum Gasteiger partial charge on any atom is -0.338 e. The highest BCUT2D eigenvalue weighted by molar-refractivity contribution is 5.28. The number of benzene rings is 1. The molecule has 0 amide bonds. The average Bonchev–Trinajstić information content (AvgIpc) is 2.75. The molecule has 1 aromatic carbocycles. The molecule has 2 rings (SSSR count). The summed E-state index contributed by atoms with van der Waals surface area (Å²) in [6, 6.07) is 8.91. The molecule has 0 aliphatic rings. The minimum atomic E-state index is 0.381. The fraction of sp³-hybridized carbons (Fsp3) is 0.400. The van der Waals surface area contributed by atoms with Crippen molar-refractivity contribution in [3.63, 3.8) is 0 Å². The Morgan fingerprint density at radius 3 is 2.78 bits per heavy atom. The van der Waals surface area contributed by atoms with Gasteiger partial charge in [-0.3, -0.25) is 0 Å². The van der Waals surface area contributed by atoms with Crippen LogP contribution in [0.2, 0.25) is 0 Å². The lowest BCUT2D eigenvalue weighted by molar-refractivity contribution is 0.563. The third kappa shape index (κ3) is 2.99. The smallest absolute Gasteiger partial charge is 0.109 e. The molecule has 0 spiro atoms. The first-order valence-electron chi connectivity index (χ1n) is 6.43.